The van der Waals surface area contributed by atoms with Crippen LogP contribution in [0.2, 0.25) is 0 Å². The van der Waals surface area contributed by atoms with Crippen molar-refractivity contribution in [3.63, 3.8) is 0 Å². The summed E-state index contributed by atoms with van der Waals surface area (Å²) in [5.74, 6) is 0. The highest BCUT2D eigenvalue weighted by Crippen LogP contribution is 2.10. The molecule has 20 heavy (non-hydrogen) atoms. The SMILES string of the molecule is c1ccc(CC2CN(Cc3ccon3)CCCN2)cc1. The fraction of sp³-hybridized carbons (Fsp3) is 0.438. The van der Waals surface area contributed by atoms with E-state index in [9.17, 15) is 0 Å². The van der Waals surface area contributed by atoms with E-state index >= 15 is 0 Å². The molecule has 1 aromatic heterocycles. The smallest absolute Gasteiger partial charge is 0.124 e. The number of nitrogens with zero attached hydrogens (tertiary/aromatic N) is 2. The summed E-state index contributed by atoms with van der Waals surface area (Å²) in [4.78, 5) is 2.46. The predicted octanol–water partition coefficient (Wildman–Crippen LogP) is 2.08. The predicted molar refractivity (Wildman–Crippen MR) is 78.3 cm³/mol. The lowest BCUT2D eigenvalue weighted by atomic mass is 10.1. The van der Waals surface area contributed by atoms with Crippen LogP contribution in [0.5, 0.6) is 0 Å². The first-order valence-corrected chi connectivity index (χ1v) is 7.29. The van der Waals surface area contributed by atoms with Crippen molar-refractivity contribution in [3.05, 3.63) is 53.9 Å². The van der Waals surface area contributed by atoms with Crippen molar-refractivity contribution in [2.75, 3.05) is 19.6 Å². The normalized spacial score (nSPS) is 20.7. The van der Waals surface area contributed by atoms with Gasteiger partial charge >= 0.3 is 0 Å². The lowest BCUT2D eigenvalue weighted by Crippen LogP contribution is -2.39. The molecule has 1 aromatic carbocycles. The zero-order valence-corrected chi connectivity index (χ0v) is 11.7. The van der Waals surface area contributed by atoms with E-state index in [1.807, 2.05) is 6.07 Å². The van der Waals surface area contributed by atoms with Crippen LogP contribution in [0.4, 0.5) is 0 Å². The van der Waals surface area contributed by atoms with Gasteiger partial charge in [-0.2, -0.15) is 0 Å². The van der Waals surface area contributed by atoms with E-state index in [1.165, 1.54) is 12.0 Å². The van der Waals surface area contributed by atoms with Gasteiger partial charge in [-0.1, -0.05) is 35.5 Å². The third kappa shape index (κ3) is 3.68. The highest BCUT2D eigenvalue weighted by atomic mass is 16.5. The first-order valence-electron chi connectivity index (χ1n) is 7.29. The van der Waals surface area contributed by atoms with E-state index in [-0.39, 0.29) is 0 Å². The van der Waals surface area contributed by atoms with Gasteiger partial charge in [-0.3, -0.25) is 4.90 Å². The van der Waals surface area contributed by atoms with Crippen molar-refractivity contribution in [1.82, 2.24) is 15.4 Å². The summed E-state index contributed by atoms with van der Waals surface area (Å²) in [5, 5.41) is 7.67. The Morgan fingerprint density at radius 1 is 1.25 bits per heavy atom. The Morgan fingerprint density at radius 2 is 2.15 bits per heavy atom. The fourth-order valence-corrected chi connectivity index (χ4v) is 2.80. The molecule has 2 heterocycles. The average Bonchev–Trinajstić information content (AvgIpc) is 2.87. The monoisotopic (exact) mass is 271 g/mol. The summed E-state index contributed by atoms with van der Waals surface area (Å²) < 4.78 is 4.92. The van der Waals surface area contributed by atoms with Gasteiger partial charge in [-0.05, 0) is 31.5 Å². The lowest BCUT2D eigenvalue weighted by molar-refractivity contribution is 0.250. The van der Waals surface area contributed by atoms with Crippen molar-refractivity contribution < 1.29 is 4.52 Å². The quantitative estimate of drug-likeness (QED) is 0.924. The van der Waals surface area contributed by atoms with Gasteiger partial charge < -0.3 is 9.84 Å². The second-order valence-corrected chi connectivity index (χ2v) is 5.42. The molecule has 106 valence electrons. The highest BCUT2D eigenvalue weighted by Gasteiger charge is 2.18. The standard InChI is InChI=1S/C16H21N3O/c1-2-5-14(6-3-1)11-16-13-19(9-4-8-17-16)12-15-7-10-20-18-15/h1-3,5-7,10,16-17H,4,8-9,11-13H2. The Bertz CT molecular complexity index is 498. The molecule has 1 saturated heterocycles. The van der Waals surface area contributed by atoms with Crippen LogP contribution in [0.1, 0.15) is 17.7 Å². The molecular formula is C16H21N3O. The fourth-order valence-electron chi connectivity index (χ4n) is 2.80. The number of rotatable bonds is 4. The van der Waals surface area contributed by atoms with Gasteiger partial charge in [-0.25, -0.2) is 0 Å². The molecule has 3 rings (SSSR count). The highest BCUT2D eigenvalue weighted by molar-refractivity contribution is 5.16. The summed E-state index contributed by atoms with van der Waals surface area (Å²) >= 11 is 0. The van der Waals surface area contributed by atoms with Crippen LogP contribution in [0, 0.1) is 0 Å². The van der Waals surface area contributed by atoms with Crippen molar-refractivity contribution in [1.29, 1.82) is 0 Å². The van der Waals surface area contributed by atoms with Gasteiger partial charge in [0.15, 0.2) is 0 Å². The molecule has 4 heteroatoms. The molecule has 2 aromatic rings. The van der Waals surface area contributed by atoms with Crippen molar-refractivity contribution in [2.45, 2.75) is 25.4 Å². The van der Waals surface area contributed by atoms with Crippen molar-refractivity contribution in [2.24, 2.45) is 0 Å². The van der Waals surface area contributed by atoms with Crippen molar-refractivity contribution >= 4 is 0 Å². The summed E-state index contributed by atoms with van der Waals surface area (Å²) in [6.07, 6.45) is 3.91. The maximum absolute atomic E-state index is 4.92. The largest absolute Gasteiger partial charge is 0.364 e. The van der Waals surface area contributed by atoms with E-state index in [2.05, 4.69) is 45.7 Å². The van der Waals surface area contributed by atoms with Crippen LogP contribution in [0.15, 0.2) is 47.2 Å². The van der Waals surface area contributed by atoms with Crippen LogP contribution < -0.4 is 5.32 Å². The molecule has 1 atom stereocenters. The minimum Gasteiger partial charge on any atom is -0.364 e. The van der Waals surface area contributed by atoms with Crippen LogP contribution >= 0.6 is 0 Å². The molecule has 1 unspecified atom stereocenters. The zero-order chi connectivity index (χ0) is 13.6. The number of hydrogen-bond acceptors (Lipinski definition) is 4. The average molecular weight is 271 g/mol. The number of nitrogens with one attached hydrogen (secondary N) is 1. The van der Waals surface area contributed by atoms with E-state index in [0.29, 0.717) is 6.04 Å². The van der Waals surface area contributed by atoms with Crippen LogP contribution in [0.3, 0.4) is 0 Å². The molecule has 1 fully saturated rings. The first kappa shape index (κ1) is 13.3. The summed E-state index contributed by atoms with van der Waals surface area (Å²) in [6.45, 7) is 4.14. The van der Waals surface area contributed by atoms with E-state index in [0.717, 1.165) is 38.3 Å². The van der Waals surface area contributed by atoms with E-state index in [1.54, 1.807) is 6.26 Å². The summed E-state index contributed by atoms with van der Waals surface area (Å²) in [5.41, 5.74) is 2.42. The van der Waals surface area contributed by atoms with Gasteiger partial charge in [-0.15, -0.1) is 0 Å². The lowest BCUT2D eigenvalue weighted by Gasteiger charge is -2.23. The molecule has 1 aliphatic rings. The molecule has 0 spiro atoms. The van der Waals surface area contributed by atoms with E-state index in [4.69, 9.17) is 4.52 Å². The molecule has 4 nitrogen and oxygen atoms in total. The molecule has 1 aliphatic heterocycles. The van der Waals surface area contributed by atoms with Gasteiger partial charge in [0.2, 0.25) is 0 Å². The Labute approximate surface area is 119 Å². The minimum atomic E-state index is 0.506. The third-order valence-electron chi connectivity index (χ3n) is 3.76. The first-order chi connectivity index (χ1) is 9.90. The molecule has 0 aliphatic carbocycles. The topological polar surface area (TPSA) is 41.3 Å². The molecule has 0 amide bonds. The second kappa shape index (κ2) is 6.68. The van der Waals surface area contributed by atoms with Crippen LogP contribution in [-0.2, 0) is 13.0 Å². The maximum atomic E-state index is 4.92. The summed E-state index contributed by atoms with van der Waals surface area (Å²) in [6, 6.07) is 13.2. The van der Waals surface area contributed by atoms with Gasteiger partial charge in [0.05, 0.1) is 5.69 Å². The van der Waals surface area contributed by atoms with Crippen molar-refractivity contribution in [3.8, 4) is 0 Å². The Kier molecular flexibility index (Phi) is 4.46. The Balaban J connectivity index is 1.60. The Morgan fingerprint density at radius 3 is 2.95 bits per heavy atom. The molecule has 0 saturated carbocycles. The Hall–Kier alpha value is -1.65. The molecule has 0 bridgehead atoms. The van der Waals surface area contributed by atoms with Crippen LogP contribution in [-0.4, -0.2) is 35.7 Å². The molecule has 1 N–H and O–H groups in total. The number of hydrogen-bond donors (Lipinski definition) is 1. The maximum Gasteiger partial charge on any atom is 0.124 e. The van der Waals surface area contributed by atoms with Gasteiger partial charge in [0.1, 0.15) is 6.26 Å². The van der Waals surface area contributed by atoms with Gasteiger partial charge in [0, 0.05) is 25.2 Å². The van der Waals surface area contributed by atoms with E-state index < -0.39 is 0 Å². The summed E-state index contributed by atoms with van der Waals surface area (Å²) in [7, 11) is 0. The van der Waals surface area contributed by atoms with Crippen LogP contribution in [0.25, 0.3) is 0 Å². The van der Waals surface area contributed by atoms with Gasteiger partial charge in [0.25, 0.3) is 0 Å². The third-order valence-corrected chi connectivity index (χ3v) is 3.76. The number of benzene rings is 1. The second-order valence-electron chi connectivity index (χ2n) is 5.42. The minimum absolute atomic E-state index is 0.506. The molecular weight excluding hydrogens is 250 g/mol. The zero-order valence-electron chi connectivity index (χ0n) is 11.7. The number of aromatic nitrogens is 1. The molecule has 0 radical (unpaired) electrons.